The maximum absolute atomic E-state index is 12.8. The highest BCUT2D eigenvalue weighted by Gasteiger charge is 2.31. The van der Waals surface area contributed by atoms with E-state index in [0.717, 1.165) is 25.5 Å². The number of sulfonamides is 1. The van der Waals surface area contributed by atoms with Crippen molar-refractivity contribution in [3.8, 4) is 5.75 Å². The van der Waals surface area contributed by atoms with Crippen LogP contribution in [0.15, 0.2) is 35.9 Å². The van der Waals surface area contributed by atoms with Gasteiger partial charge in [-0.1, -0.05) is 18.6 Å². The van der Waals surface area contributed by atoms with E-state index in [2.05, 4.69) is 11.4 Å². The minimum Gasteiger partial charge on any atom is -0.494 e. The third kappa shape index (κ3) is 6.26. The van der Waals surface area contributed by atoms with E-state index >= 15 is 0 Å². The van der Waals surface area contributed by atoms with Crippen LogP contribution in [0.5, 0.6) is 5.75 Å². The van der Waals surface area contributed by atoms with Crippen molar-refractivity contribution in [1.82, 2.24) is 5.32 Å². The lowest BCUT2D eigenvalue weighted by atomic mass is 9.97. The zero-order valence-electron chi connectivity index (χ0n) is 17.1. The smallest absolute Gasteiger partial charge is 0.243 e. The number of carbonyl (C=O) groups excluding carboxylic acids is 1. The number of rotatable bonds is 10. The summed E-state index contributed by atoms with van der Waals surface area (Å²) in [5.41, 5.74) is 1.84. The number of hydrogen-bond donors (Lipinski definition) is 1. The largest absolute Gasteiger partial charge is 0.494 e. The van der Waals surface area contributed by atoms with E-state index in [1.807, 2.05) is 13.8 Å². The molecule has 6 nitrogen and oxygen atoms in total. The maximum atomic E-state index is 12.8. The van der Waals surface area contributed by atoms with Crippen molar-refractivity contribution in [2.45, 2.75) is 58.4 Å². The van der Waals surface area contributed by atoms with Gasteiger partial charge in [-0.3, -0.25) is 9.10 Å². The van der Waals surface area contributed by atoms with E-state index in [1.165, 1.54) is 22.7 Å². The fraction of sp³-hybridized carbons (Fsp3) is 0.571. The molecule has 0 aromatic heterocycles. The second-order valence-corrected chi connectivity index (χ2v) is 8.92. The molecule has 0 radical (unpaired) electrons. The van der Waals surface area contributed by atoms with Gasteiger partial charge in [-0.15, -0.1) is 0 Å². The van der Waals surface area contributed by atoms with Crippen LogP contribution in [0.2, 0.25) is 0 Å². The van der Waals surface area contributed by atoms with Gasteiger partial charge >= 0.3 is 0 Å². The number of hydrogen-bond acceptors (Lipinski definition) is 4. The molecular formula is C21H32N2O4S. The van der Waals surface area contributed by atoms with Crippen molar-refractivity contribution in [2.75, 3.05) is 23.7 Å². The van der Waals surface area contributed by atoms with E-state index in [4.69, 9.17) is 4.74 Å². The Balaban J connectivity index is 2.10. The van der Waals surface area contributed by atoms with Crippen molar-refractivity contribution in [1.29, 1.82) is 0 Å². The molecule has 1 N–H and O–H groups in total. The first-order chi connectivity index (χ1) is 13.4. The predicted molar refractivity (Wildman–Crippen MR) is 113 cm³/mol. The predicted octanol–water partition coefficient (Wildman–Crippen LogP) is 3.64. The third-order valence-electron chi connectivity index (χ3n) is 4.86. The molecule has 0 bridgehead atoms. The number of allylic oxidation sites excluding steroid dienone is 1. The van der Waals surface area contributed by atoms with Crippen LogP contribution < -0.4 is 14.4 Å². The Bertz CT molecular complexity index is 772. The Morgan fingerprint density at radius 1 is 1.21 bits per heavy atom. The van der Waals surface area contributed by atoms with Crippen LogP contribution in [-0.4, -0.2) is 39.8 Å². The molecule has 0 saturated heterocycles. The van der Waals surface area contributed by atoms with Crippen molar-refractivity contribution < 1.29 is 17.9 Å². The molecule has 0 spiro atoms. The van der Waals surface area contributed by atoms with E-state index in [0.29, 0.717) is 31.0 Å². The zero-order valence-corrected chi connectivity index (χ0v) is 17.9. The normalized spacial score (nSPS) is 15.5. The van der Waals surface area contributed by atoms with Crippen molar-refractivity contribution in [2.24, 2.45) is 0 Å². The van der Waals surface area contributed by atoms with Gasteiger partial charge in [0, 0.05) is 6.54 Å². The molecule has 1 amide bonds. The summed E-state index contributed by atoms with van der Waals surface area (Å²) in [6.07, 6.45) is 9.24. The number of nitrogens with zero attached hydrogens (tertiary/aromatic N) is 1. The monoisotopic (exact) mass is 408 g/mol. The second kappa shape index (κ2) is 10.5. The van der Waals surface area contributed by atoms with Crippen LogP contribution in [0.25, 0.3) is 0 Å². The molecule has 156 valence electrons. The molecule has 1 atom stereocenters. The SMILES string of the molecule is CCOc1ccc(N(C(CC)C(=O)NCCC2=CCCCC2)S(C)(=O)=O)cc1. The van der Waals surface area contributed by atoms with Crippen LogP contribution >= 0.6 is 0 Å². The molecule has 1 aliphatic rings. The maximum Gasteiger partial charge on any atom is 0.243 e. The summed E-state index contributed by atoms with van der Waals surface area (Å²) < 4.78 is 31.6. The van der Waals surface area contributed by atoms with Crippen LogP contribution in [0.4, 0.5) is 5.69 Å². The Morgan fingerprint density at radius 2 is 1.93 bits per heavy atom. The van der Waals surface area contributed by atoms with Gasteiger partial charge in [-0.2, -0.15) is 0 Å². The molecule has 0 aliphatic heterocycles. The van der Waals surface area contributed by atoms with Crippen LogP contribution in [0.3, 0.4) is 0 Å². The average molecular weight is 409 g/mol. The number of nitrogens with one attached hydrogen (secondary N) is 1. The lowest BCUT2D eigenvalue weighted by Gasteiger charge is -2.30. The summed E-state index contributed by atoms with van der Waals surface area (Å²) in [6.45, 7) is 4.77. The fourth-order valence-electron chi connectivity index (χ4n) is 3.51. The Hall–Kier alpha value is -2.02. The molecule has 1 unspecified atom stereocenters. The Kier molecular flexibility index (Phi) is 8.35. The van der Waals surface area contributed by atoms with Crippen LogP contribution in [0, 0.1) is 0 Å². The highest BCUT2D eigenvalue weighted by Crippen LogP contribution is 2.25. The molecule has 2 rings (SSSR count). The van der Waals surface area contributed by atoms with Crippen LogP contribution in [-0.2, 0) is 14.8 Å². The molecule has 7 heteroatoms. The third-order valence-corrected chi connectivity index (χ3v) is 6.04. The fourth-order valence-corrected chi connectivity index (χ4v) is 4.72. The Labute approximate surface area is 169 Å². The van der Waals surface area contributed by atoms with Gasteiger partial charge < -0.3 is 10.1 Å². The first kappa shape index (κ1) is 22.3. The first-order valence-corrected chi connectivity index (χ1v) is 11.9. The minimum atomic E-state index is -3.62. The number of amides is 1. The van der Waals surface area contributed by atoms with Gasteiger partial charge in [-0.25, -0.2) is 8.42 Å². The van der Waals surface area contributed by atoms with E-state index < -0.39 is 16.1 Å². The summed E-state index contributed by atoms with van der Waals surface area (Å²) in [5, 5.41) is 2.92. The highest BCUT2D eigenvalue weighted by molar-refractivity contribution is 7.92. The van der Waals surface area contributed by atoms with Gasteiger partial charge in [0.25, 0.3) is 0 Å². The van der Waals surface area contributed by atoms with Gasteiger partial charge in [0.15, 0.2) is 0 Å². The zero-order chi connectivity index (χ0) is 20.6. The van der Waals surface area contributed by atoms with Crippen molar-refractivity contribution in [3.05, 3.63) is 35.9 Å². The Morgan fingerprint density at radius 3 is 2.46 bits per heavy atom. The first-order valence-electron chi connectivity index (χ1n) is 10.0. The molecule has 1 aromatic rings. The number of ether oxygens (including phenoxy) is 1. The molecular weight excluding hydrogens is 376 g/mol. The summed E-state index contributed by atoms with van der Waals surface area (Å²) in [4.78, 5) is 12.8. The second-order valence-electron chi connectivity index (χ2n) is 7.06. The number of anilines is 1. The van der Waals surface area contributed by atoms with Gasteiger partial charge in [0.2, 0.25) is 15.9 Å². The quantitative estimate of drug-likeness (QED) is 0.600. The number of carbonyl (C=O) groups is 1. The highest BCUT2D eigenvalue weighted by atomic mass is 32.2. The summed E-state index contributed by atoms with van der Waals surface area (Å²) in [5.74, 6) is 0.399. The van der Waals surface area contributed by atoms with Gasteiger partial charge in [0.05, 0.1) is 18.6 Å². The molecule has 28 heavy (non-hydrogen) atoms. The molecule has 0 heterocycles. The van der Waals surface area contributed by atoms with Crippen molar-refractivity contribution in [3.63, 3.8) is 0 Å². The average Bonchev–Trinajstić information content (AvgIpc) is 2.67. The van der Waals surface area contributed by atoms with Gasteiger partial charge in [0.1, 0.15) is 11.8 Å². The van der Waals surface area contributed by atoms with E-state index in [1.54, 1.807) is 24.3 Å². The van der Waals surface area contributed by atoms with E-state index in [9.17, 15) is 13.2 Å². The molecule has 1 aromatic carbocycles. The minimum absolute atomic E-state index is 0.266. The summed E-state index contributed by atoms with van der Waals surface area (Å²) >= 11 is 0. The van der Waals surface area contributed by atoms with Crippen LogP contribution in [0.1, 0.15) is 52.4 Å². The number of benzene rings is 1. The standard InChI is InChI=1S/C21H32N2O4S/c1-4-20(21(24)22-16-15-17-9-7-6-8-10-17)23(28(3,25)26)18-11-13-19(14-12-18)27-5-2/h9,11-14,20H,4-8,10,15-16H2,1-3H3,(H,22,24). The lowest BCUT2D eigenvalue weighted by molar-refractivity contribution is -0.122. The van der Waals surface area contributed by atoms with Crippen molar-refractivity contribution >= 4 is 21.6 Å². The van der Waals surface area contributed by atoms with E-state index in [-0.39, 0.29) is 5.91 Å². The van der Waals surface area contributed by atoms with Gasteiger partial charge in [-0.05, 0) is 69.7 Å². The summed E-state index contributed by atoms with van der Waals surface area (Å²) in [7, 11) is -3.62. The molecule has 1 aliphatic carbocycles. The topological polar surface area (TPSA) is 75.7 Å². The molecule has 0 fully saturated rings. The molecule has 0 saturated carbocycles. The summed E-state index contributed by atoms with van der Waals surface area (Å²) in [6, 6.07) is 6.01. The lowest BCUT2D eigenvalue weighted by Crippen LogP contribution is -2.49.